The van der Waals surface area contributed by atoms with Crippen molar-refractivity contribution in [2.24, 2.45) is 0 Å². The first-order valence-electron chi connectivity index (χ1n) is 3.50. The molecule has 11 heavy (non-hydrogen) atoms. The molecule has 5 nitrogen and oxygen atoms in total. The highest BCUT2D eigenvalue weighted by Crippen LogP contribution is 2.37. The molecule has 1 heterocycles. The number of rotatable bonds is 0. The molecule has 5 heteroatoms. The molecular weight excluding hydrogens is 152 g/mol. The quantitative estimate of drug-likeness (QED) is 0.289. The van der Waals surface area contributed by atoms with Crippen LogP contribution in [0.4, 0.5) is 0 Å². The summed E-state index contributed by atoms with van der Waals surface area (Å²) in [5.41, 5.74) is 0. The van der Waals surface area contributed by atoms with Crippen LogP contribution >= 0.6 is 0 Å². The molecule has 4 N–H and O–H groups in total. The van der Waals surface area contributed by atoms with Crippen molar-refractivity contribution in [3.63, 3.8) is 0 Å². The van der Waals surface area contributed by atoms with Gasteiger partial charge in [-0.2, -0.15) is 0 Å². The minimum atomic E-state index is -1.30. The molecule has 0 spiro atoms. The molecule has 64 valence electrons. The first kappa shape index (κ1) is 7.45. The molecular formula is C6H10O5. The maximum absolute atomic E-state index is 9.13. The highest BCUT2D eigenvalue weighted by atomic mass is 16.6. The van der Waals surface area contributed by atoms with Crippen molar-refractivity contribution >= 4 is 0 Å². The molecule has 0 unspecified atom stereocenters. The molecule has 1 saturated heterocycles. The summed E-state index contributed by atoms with van der Waals surface area (Å²) in [6.45, 7) is 0. The Balaban J connectivity index is 2.13. The summed E-state index contributed by atoms with van der Waals surface area (Å²) in [6.07, 6.45) is -5.73. The van der Waals surface area contributed by atoms with Gasteiger partial charge in [-0.3, -0.25) is 0 Å². The van der Waals surface area contributed by atoms with Crippen molar-refractivity contribution in [1.82, 2.24) is 0 Å². The van der Waals surface area contributed by atoms with Gasteiger partial charge in [0.15, 0.2) is 0 Å². The van der Waals surface area contributed by atoms with Crippen molar-refractivity contribution < 1.29 is 25.2 Å². The third-order valence-corrected chi connectivity index (χ3v) is 2.28. The lowest BCUT2D eigenvalue weighted by Gasteiger charge is -2.28. The van der Waals surface area contributed by atoms with Gasteiger partial charge in [-0.05, 0) is 0 Å². The normalized spacial score (nSPS) is 62.2. The summed E-state index contributed by atoms with van der Waals surface area (Å²) in [5.74, 6) is 0. The number of aliphatic hydroxyl groups excluding tert-OH is 4. The van der Waals surface area contributed by atoms with Crippen molar-refractivity contribution in [3.05, 3.63) is 0 Å². The number of fused-ring (bicyclic) bond motifs is 1. The van der Waals surface area contributed by atoms with Crippen LogP contribution in [0.2, 0.25) is 0 Å². The Hall–Kier alpha value is -0.200. The lowest BCUT2D eigenvalue weighted by molar-refractivity contribution is -0.121. The van der Waals surface area contributed by atoms with Gasteiger partial charge in [0, 0.05) is 0 Å². The van der Waals surface area contributed by atoms with E-state index in [4.69, 9.17) is 25.2 Å². The van der Waals surface area contributed by atoms with Crippen LogP contribution in [0.1, 0.15) is 0 Å². The SMILES string of the molecule is O[C@@H]1[C@@H](O)[C@@H](O)[C@@H]2O[C@@H]2[C@@H]1O. The molecule has 0 aromatic rings. The number of epoxide rings is 1. The van der Waals surface area contributed by atoms with E-state index in [-0.39, 0.29) is 0 Å². The molecule has 1 saturated carbocycles. The Labute approximate surface area is 62.8 Å². The molecule has 1 aliphatic heterocycles. The fourth-order valence-corrected chi connectivity index (χ4v) is 1.48. The van der Waals surface area contributed by atoms with Crippen molar-refractivity contribution in [3.8, 4) is 0 Å². The van der Waals surface area contributed by atoms with Crippen LogP contribution in [0.15, 0.2) is 0 Å². The fraction of sp³-hybridized carbons (Fsp3) is 1.00. The predicted molar refractivity (Wildman–Crippen MR) is 32.7 cm³/mol. The summed E-state index contributed by atoms with van der Waals surface area (Å²) in [7, 11) is 0. The Morgan fingerprint density at radius 3 is 1.36 bits per heavy atom. The number of hydrogen-bond acceptors (Lipinski definition) is 5. The zero-order valence-electron chi connectivity index (χ0n) is 5.66. The van der Waals surface area contributed by atoms with Crippen molar-refractivity contribution in [1.29, 1.82) is 0 Å². The largest absolute Gasteiger partial charge is 0.387 e. The van der Waals surface area contributed by atoms with Crippen LogP contribution in [0.3, 0.4) is 0 Å². The second-order valence-electron chi connectivity index (χ2n) is 3.03. The zero-order valence-corrected chi connectivity index (χ0v) is 5.66. The summed E-state index contributed by atoms with van der Waals surface area (Å²) < 4.78 is 4.82. The summed E-state index contributed by atoms with van der Waals surface area (Å²) in [5, 5.41) is 36.4. The van der Waals surface area contributed by atoms with Gasteiger partial charge in [0.1, 0.15) is 36.6 Å². The standard InChI is InChI=1S/C6H10O5/c7-1-2(8)4(10)6-5(11-6)3(1)9/h1-10H/t1-,2-,3-,4-,5-,6+/m1/s1. The molecule has 0 radical (unpaired) electrons. The molecule has 2 aliphatic rings. The topological polar surface area (TPSA) is 93.5 Å². The first-order valence-corrected chi connectivity index (χ1v) is 3.50. The molecule has 6 atom stereocenters. The van der Waals surface area contributed by atoms with E-state index in [0.29, 0.717) is 0 Å². The van der Waals surface area contributed by atoms with E-state index in [1.54, 1.807) is 0 Å². The number of aliphatic hydroxyl groups is 4. The molecule has 0 amide bonds. The Bertz CT molecular complexity index is 154. The Morgan fingerprint density at radius 1 is 0.636 bits per heavy atom. The van der Waals surface area contributed by atoms with E-state index in [1.807, 2.05) is 0 Å². The molecule has 1 aliphatic carbocycles. The van der Waals surface area contributed by atoms with Crippen LogP contribution in [-0.4, -0.2) is 57.0 Å². The molecule has 0 aromatic carbocycles. The van der Waals surface area contributed by atoms with Crippen molar-refractivity contribution in [2.75, 3.05) is 0 Å². The number of hydrogen-bond donors (Lipinski definition) is 4. The van der Waals surface area contributed by atoms with Crippen LogP contribution in [0, 0.1) is 0 Å². The van der Waals surface area contributed by atoms with Gasteiger partial charge >= 0.3 is 0 Å². The second kappa shape index (κ2) is 2.15. The fourth-order valence-electron chi connectivity index (χ4n) is 1.48. The van der Waals surface area contributed by atoms with Gasteiger partial charge in [0.25, 0.3) is 0 Å². The van der Waals surface area contributed by atoms with Gasteiger partial charge < -0.3 is 25.2 Å². The smallest absolute Gasteiger partial charge is 0.115 e. The summed E-state index contributed by atoms with van der Waals surface area (Å²) >= 11 is 0. The average molecular weight is 162 g/mol. The van der Waals surface area contributed by atoms with E-state index >= 15 is 0 Å². The minimum absolute atomic E-state index is 0.497. The van der Waals surface area contributed by atoms with Gasteiger partial charge in [-0.1, -0.05) is 0 Å². The molecule has 2 fully saturated rings. The summed E-state index contributed by atoms with van der Waals surface area (Å²) in [4.78, 5) is 0. The van der Waals surface area contributed by atoms with E-state index in [9.17, 15) is 0 Å². The van der Waals surface area contributed by atoms with Crippen LogP contribution in [0.25, 0.3) is 0 Å². The highest BCUT2D eigenvalue weighted by Gasteiger charge is 2.59. The van der Waals surface area contributed by atoms with Crippen LogP contribution in [-0.2, 0) is 4.74 Å². The summed E-state index contributed by atoms with van der Waals surface area (Å²) in [6, 6.07) is 0. The first-order chi connectivity index (χ1) is 5.13. The Kier molecular flexibility index (Phi) is 1.45. The third kappa shape index (κ3) is 0.896. The van der Waals surface area contributed by atoms with Gasteiger partial charge in [-0.15, -0.1) is 0 Å². The molecule has 2 rings (SSSR count). The minimum Gasteiger partial charge on any atom is -0.387 e. The monoisotopic (exact) mass is 162 g/mol. The predicted octanol–water partition coefficient (Wildman–Crippen LogP) is -2.79. The zero-order chi connectivity index (χ0) is 8.17. The number of ether oxygens (including phenoxy) is 1. The third-order valence-electron chi connectivity index (χ3n) is 2.28. The molecule has 0 aromatic heterocycles. The Morgan fingerprint density at radius 2 is 1.00 bits per heavy atom. The van der Waals surface area contributed by atoms with Crippen molar-refractivity contribution in [2.45, 2.75) is 36.6 Å². The van der Waals surface area contributed by atoms with Crippen LogP contribution in [0.5, 0.6) is 0 Å². The molecule has 0 bridgehead atoms. The maximum Gasteiger partial charge on any atom is 0.115 e. The second-order valence-corrected chi connectivity index (χ2v) is 3.03. The van der Waals surface area contributed by atoms with Gasteiger partial charge in [0.05, 0.1) is 0 Å². The van der Waals surface area contributed by atoms with Crippen LogP contribution < -0.4 is 0 Å². The van der Waals surface area contributed by atoms with E-state index in [1.165, 1.54) is 0 Å². The highest BCUT2D eigenvalue weighted by molar-refractivity contribution is 5.07. The van der Waals surface area contributed by atoms with E-state index in [2.05, 4.69) is 0 Å². The average Bonchev–Trinajstić information content (AvgIpc) is 2.76. The lowest BCUT2D eigenvalue weighted by atomic mass is 9.90. The lowest BCUT2D eigenvalue weighted by Crippen LogP contribution is -2.53. The van der Waals surface area contributed by atoms with E-state index < -0.39 is 36.6 Å². The van der Waals surface area contributed by atoms with Gasteiger partial charge in [-0.25, -0.2) is 0 Å². The maximum atomic E-state index is 9.13. The van der Waals surface area contributed by atoms with Gasteiger partial charge in [0.2, 0.25) is 0 Å². The van der Waals surface area contributed by atoms with E-state index in [0.717, 1.165) is 0 Å².